The lowest BCUT2D eigenvalue weighted by molar-refractivity contribution is -0.123. The standard InChI is InChI=1S/C15H22N2O3S/c1-15(2)6-4-3-5-10(15)7-12(18)16-8-13-17-11(9-21-13)14(19)20/h9-10H,3-8H2,1-2H3,(H,16,18)(H,19,20). The van der Waals surface area contributed by atoms with Gasteiger partial charge in [0.1, 0.15) is 5.01 Å². The number of rotatable bonds is 5. The minimum absolute atomic E-state index is 0.0297. The van der Waals surface area contributed by atoms with Gasteiger partial charge in [0.25, 0.3) is 0 Å². The van der Waals surface area contributed by atoms with Crippen LogP contribution in [0.2, 0.25) is 0 Å². The Bertz CT molecular complexity index is 525. The maximum atomic E-state index is 12.1. The first-order valence-electron chi connectivity index (χ1n) is 7.33. The average molecular weight is 310 g/mol. The highest BCUT2D eigenvalue weighted by Gasteiger charge is 2.33. The van der Waals surface area contributed by atoms with Crippen molar-refractivity contribution in [1.29, 1.82) is 0 Å². The van der Waals surface area contributed by atoms with Crippen molar-refractivity contribution in [1.82, 2.24) is 10.3 Å². The Kier molecular flexibility index (Phi) is 4.98. The van der Waals surface area contributed by atoms with Crippen molar-refractivity contribution >= 4 is 23.2 Å². The number of aromatic carboxylic acids is 1. The van der Waals surface area contributed by atoms with Crippen LogP contribution in [0.3, 0.4) is 0 Å². The zero-order chi connectivity index (χ0) is 15.5. The summed E-state index contributed by atoms with van der Waals surface area (Å²) in [4.78, 5) is 26.8. The summed E-state index contributed by atoms with van der Waals surface area (Å²) in [7, 11) is 0. The van der Waals surface area contributed by atoms with Crippen LogP contribution in [0.1, 0.15) is 61.4 Å². The summed E-state index contributed by atoms with van der Waals surface area (Å²) in [5.41, 5.74) is 0.269. The molecule has 6 heteroatoms. The number of thiazole rings is 1. The zero-order valence-electron chi connectivity index (χ0n) is 12.5. The molecule has 0 spiro atoms. The fourth-order valence-electron chi connectivity index (χ4n) is 2.91. The smallest absolute Gasteiger partial charge is 0.355 e. The van der Waals surface area contributed by atoms with E-state index in [4.69, 9.17) is 5.11 Å². The van der Waals surface area contributed by atoms with E-state index in [-0.39, 0.29) is 17.0 Å². The maximum Gasteiger partial charge on any atom is 0.355 e. The van der Waals surface area contributed by atoms with E-state index in [0.29, 0.717) is 23.9 Å². The molecule has 1 saturated carbocycles. The molecule has 1 heterocycles. The van der Waals surface area contributed by atoms with Crippen molar-refractivity contribution in [2.24, 2.45) is 11.3 Å². The summed E-state index contributed by atoms with van der Waals surface area (Å²) < 4.78 is 0. The van der Waals surface area contributed by atoms with Crippen LogP contribution in [0, 0.1) is 11.3 Å². The van der Waals surface area contributed by atoms with Gasteiger partial charge in [-0.15, -0.1) is 11.3 Å². The fraction of sp³-hybridized carbons (Fsp3) is 0.667. The lowest BCUT2D eigenvalue weighted by atomic mass is 9.67. The lowest BCUT2D eigenvalue weighted by Crippen LogP contribution is -2.33. The number of nitrogens with one attached hydrogen (secondary N) is 1. The second-order valence-corrected chi connectivity index (χ2v) is 7.29. The normalized spacial score (nSPS) is 21.0. The number of carboxylic acids is 1. The first-order chi connectivity index (χ1) is 9.88. The van der Waals surface area contributed by atoms with Crippen molar-refractivity contribution in [2.45, 2.75) is 52.5 Å². The van der Waals surface area contributed by atoms with Crippen LogP contribution in [0.4, 0.5) is 0 Å². The van der Waals surface area contributed by atoms with E-state index in [9.17, 15) is 9.59 Å². The molecule has 2 N–H and O–H groups in total. The Balaban J connectivity index is 1.82. The summed E-state index contributed by atoms with van der Waals surface area (Å²) in [6, 6.07) is 0. The van der Waals surface area contributed by atoms with E-state index >= 15 is 0 Å². The van der Waals surface area contributed by atoms with Crippen LogP contribution < -0.4 is 5.32 Å². The Morgan fingerprint density at radius 2 is 2.24 bits per heavy atom. The molecular weight excluding hydrogens is 288 g/mol. The molecule has 116 valence electrons. The van der Waals surface area contributed by atoms with Gasteiger partial charge in [-0.25, -0.2) is 9.78 Å². The van der Waals surface area contributed by atoms with Crippen molar-refractivity contribution in [3.05, 3.63) is 16.1 Å². The van der Waals surface area contributed by atoms with Gasteiger partial charge in [-0.2, -0.15) is 0 Å². The van der Waals surface area contributed by atoms with Gasteiger partial charge in [0.2, 0.25) is 5.91 Å². The molecule has 0 bridgehead atoms. The second kappa shape index (κ2) is 6.56. The molecule has 1 aliphatic carbocycles. The van der Waals surface area contributed by atoms with E-state index in [1.807, 2.05) is 0 Å². The third-order valence-corrected chi connectivity index (χ3v) is 5.22. The van der Waals surface area contributed by atoms with Crippen LogP contribution in [-0.2, 0) is 11.3 Å². The van der Waals surface area contributed by atoms with Crippen LogP contribution in [0.5, 0.6) is 0 Å². The summed E-state index contributed by atoms with van der Waals surface area (Å²) in [5.74, 6) is -0.577. The van der Waals surface area contributed by atoms with Gasteiger partial charge < -0.3 is 10.4 Å². The largest absolute Gasteiger partial charge is 0.476 e. The van der Waals surface area contributed by atoms with E-state index in [0.717, 1.165) is 6.42 Å². The minimum atomic E-state index is -1.03. The van der Waals surface area contributed by atoms with Gasteiger partial charge in [-0.3, -0.25) is 4.79 Å². The molecule has 1 aromatic rings. The summed E-state index contributed by atoms with van der Waals surface area (Å²) in [6.45, 7) is 4.79. The minimum Gasteiger partial charge on any atom is -0.476 e. The molecule has 1 fully saturated rings. The van der Waals surface area contributed by atoms with Gasteiger partial charge in [-0.05, 0) is 24.2 Å². The molecule has 1 amide bonds. The Labute approximate surface area is 128 Å². The number of nitrogens with zero attached hydrogens (tertiary/aromatic N) is 1. The molecule has 1 atom stereocenters. The summed E-state index contributed by atoms with van der Waals surface area (Å²) >= 11 is 1.26. The number of hydrogen-bond donors (Lipinski definition) is 2. The van der Waals surface area contributed by atoms with Crippen molar-refractivity contribution in [3.63, 3.8) is 0 Å². The van der Waals surface area contributed by atoms with E-state index in [1.54, 1.807) is 0 Å². The third kappa shape index (κ3) is 4.27. The predicted octanol–water partition coefficient (Wildman–Crippen LogP) is 3.06. The molecule has 1 aromatic heterocycles. The number of amides is 1. The highest BCUT2D eigenvalue weighted by molar-refractivity contribution is 7.09. The fourth-order valence-corrected chi connectivity index (χ4v) is 3.61. The molecule has 2 rings (SSSR count). The number of aromatic nitrogens is 1. The monoisotopic (exact) mass is 310 g/mol. The van der Waals surface area contributed by atoms with Crippen LogP contribution >= 0.6 is 11.3 Å². The number of hydrogen-bond acceptors (Lipinski definition) is 4. The quantitative estimate of drug-likeness (QED) is 0.876. The van der Waals surface area contributed by atoms with E-state index in [2.05, 4.69) is 24.1 Å². The van der Waals surface area contributed by atoms with Gasteiger partial charge in [0.15, 0.2) is 5.69 Å². The highest BCUT2D eigenvalue weighted by Crippen LogP contribution is 2.42. The molecule has 21 heavy (non-hydrogen) atoms. The van der Waals surface area contributed by atoms with Crippen molar-refractivity contribution in [3.8, 4) is 0 Å². The molecule has 1 aliphatic rings. The molecule has 0 aliphatic heterocycles. The SMILES string of the molecule is CC1(C)CCCCC1CC(=O)NCc1nc(C(=O)O)cs1. The maximum absolute atomic E-state index is 12.1. The molecule has 0 radical (unpaired) electrons. The summed E-state index contributed by atoms with van der Waals surface area (Å²) in [6.07, 6.45) is 5.29. The highest BCUT2D eigenvalue weighted by atomic mass is 32.1. The number of carboxylic acid groups (broad SMARTS) is 1. The molecule has 0 saturated heterocycles. The summed E-state index contributed by atoms with van der Waals surface area (Å²) in [5, 5.41) is 13.8. The first-order valence-corrected chi connectivity index (χ1v) is 8.21. The first kappa shape index (κ1) is 15.9. The van der Waals surface area contributed by atoms with Gasteiger partial charge in [0.05, 0.1) is 6.54 Å². The Morgan fingerprint density at radius 3 is 2.86 bits per heavy atom. The third-order valence-electron chi connectivity index (χ3n) is 4.37. The Hall–Kier alpha value is -1.43. The van der Waals surface area contributed by atoms with Crippen LogP contribution in [0.15, 0.2) is 5.38 Å². The van der Waals surface area contributed by atoms with Gasteiger partial charge in [0, 0.05) is 11.8 Å². The van der Waals surface area contributed by atoms with Crippen LogP contribution in [-0.4, -0.2) is 22.0 Å². The molecule has 5 nitrogen and oxygen atoms in total. The van der Waals surface area contributed by atoms with E-state index in [1.165, 1.54) is 36.0 Å². The number of carbonyl (C=O) groups excluding carboxylic acids is 1. The molecular formula is C15H22N2O3S. The zero-order valence-corrected chi connectivity index (χ0v) is 13.3. The molecule has 1 unspecified atom stereocenters. The van der Waals surface area contributed by atoms with Gasteiger partial charge in [-0.1, -0.05) is 26.7 Å². The topological polar surface area (TPSA) is 79.3 Å². The van der Waals surface area contributed by atoms with Crippen molar-refractivity contribution < 1.29 is 14.7 Å². The van der Waals surface area contributed by atoms with Gasteiger partial charge >= 0.3 is 5.97 Å². The second-order valence-electron chi connectivity index (χ2n) is 6.34. The predicted molar refractivity (Wildman–Crippen MR) is 81.3 cm³/mol. The molecule has 0 aromatic carbocycles. The van der Waals surface area contributed by atoms with Crippen LogP contribution in [0.25, 0.3) is 0 Å². The number of carbonyl (C=O) groups is 2. The lowest BCUT2D eigenvalue weighted by Gasteiger charge is -2.38. The van der Waals surface area contributed by atoms with Crippen molar-refractivity contribution in [2.75, 3.05) is 0 Å². The average Bonchev–Trinajstić information content (AvgIpc) is 2.88. The Morgan fingerprint density at radius 1 is 1.48 bits per heavy atom. The van der Waals surface area contributed by atoms with E-state index < -0.39 is 5.97 Å².